The molecule has 0 spiro atoms. The monoisotopic (exact) mass is 405 g/mol. The summed E-state index contributed by atoms with van der Waals surface area (Å²) in [6, 6.07) is -0.777. The van der Waals surface area contributed by atoms with E-state index < -0.39 is 12.0 Å². The van der Waals surface area contributed by atoms with Crippen LogP contribution in [0, 0.1) is 5.92 Å². The second-order valence-electron chi connectivity index (χ2n) is 7.96. The molecule has 0 aromatic rings. The Morgan fingerprint density at radius 1 is 0.821 bits per heavy atom. The van der Waals surface area contributed by atoms with E-state index >= 15 is 0 Å². The summed E-state index contributed by atoms with van der Waals surface area (Å²) in [5.41, 5.74) is 0. The van der Waals surface area contributed by atoms with E-state index in [0.29, 0.717) is 6.42 Å². The fourth-order valence-electron chi connectivity index (χ4n) is 3.12. The van der Waals surface area contributed by atoms with Crippen molar-refractivity contribution in [3.8, 4) is 0 Å². The molecule has 0 aliphatic heterocycles. The Kier molecular flexibility index (Phi) is 22.8. The van der Waals surface area contributed by atoms with Crippen LogP contribution in [-0.4, -0.2) is 52.6 Å². The summed E-state index contributed by atoms with van der Waals surface area (Å²) in [7, 11) is 0. The van der Waals surface area contributed by atoms with E-state index in [9.17, 15) is 9.59 Å². The second kappa shape index (κ2) is 21.4. The SMILES string of the molecule is CCCCCCCC/C=C\CCCCCCCC(=O)N[C@H](C(=O)O)C(C)C.[NaH]. The van der Waals surface area contributed by atoms with Gasteiger partial charge < -0.3 is 10.4 Å². The molecule has 2 N–H and O–H groups in total. The van der Waals surface area contributed by atoms with Crippen LogP contribution in [0.1, 0.15) is 111 Å². The first-order valence-electron chi connectivity index (χ1n) is 11.2. The predicted octanol–water partition coefficient (Wildman–Crippen LogP) is 5.60. The number of carbonyl (C=O) groups is 2. The van der Waals surface area contributed by atoms with Crippen LogP contribution in [0.4, 0.5) is 0 Å². The van der Waals surface area contributed by atoms with Gasteiger partial charge in [0.2, 0.25) is 5.91 Å². The molecule has 0 rings (SSSR count). The molecule has 0 aliphatic rings. The van der Waals surface area contributed by atoms with Crippen molar-refractivity contribution >= 4 is 41.4 Å². The summed E-state index contributed by atoms with van der Waals surface area (Å²) in [6.07, 6.45) is 21.0. The number of hydrogen-bond acceptors (Lipinski definition) is 2. The van der Waals surface area contributed by atoms with Crippen molar-refractivity contribution in [1.29, 1.82) is 0 Å². The maximum absolute atomic E-state index is 11.8. The van der Waals surface area contributed by atoms with Crippen molar-refractivity contribution in [2.75, 3.05) is 0 Å². The van der Waals surface area contributed by atoms with Crippen LogP contribution < -0.4 is 5.32 Å². The fraction of sp³-hybridized carbons (Fsp3) is 0.826. The van der Waals surface area contributed by atoms with Crippen molar-refractivity contribution in [1.82, 2.24) is 5.32 Å². The molecular weight excluding hydrogens is 361 g/mol. The molecule has 160 valence electrons. The molecule has 0 saturated heterocycles. The average Bonchev–Trinajstić information content (AvgIpc) is 2.62. The maximum atomic E-state index is 11.8. The van der Waals surface area contributed by atoms with Gasteiger partial charge in [0.25, 0.3) is 0 Å². The standard InChI is InChI=1S/C23H43NO3.Na.H/c1-4-5-6-7-8-9-10-11-12-13-14-15-16-17-18-19-21(25)24-22(20(2)3)23(26)27;;/h11-12,20,22H,4-10,13-19H2,1-3H3,(H,24,25)(H,26,27);;/b12-11-;;/t22-;;/m0../s1. The normalized spacial score (nSPS) is 12.1. The third-order valence-corrected chi connectivity index (χ3v) is 4.91. The third-order valence-electron chi connectivity index (χ3n) is 4.91. The van der Waals surface area contributed by atoms with E-state index in [2.05, 4.69) is 24.4 Å². The van der Waals surface area contributed by atoms with Gasteiger partial charge in [-0.1, -0.05) is 84.3 Å². The molecule has 4 nitrogen and oxygen atoms in total. The van der Waals surface area contributed by atoms with Crippen LogP contribution in [0.5, 0.6) is 0 Å². The van der Waals surface area contributed by atoms with Crippen molar-refractivity contribution in [2.45, 2.75) is 117 Å². The molecular formula is C23H44NNaO3. The zero-order valence-electron chi connectivity index (χ0n) is 18.0. The number of rotatable bonds is 18. The van der Waals surface area contributed by atoms with Gasteiger partial charge in [0.05, 0.1) is 0 Å². The van der Waals surface area contributed by atoms with Crippen molar-refractivity contribution in [2.24, 2.45) is 5.92 Å². The summed E-state index contributed by atoms with van der Waals surface area (Å²) in [5.74, 6) is -1.20. The Hall–Kier alpha value is -0.320. The van der Waals surface area contributed by atoms with Gasteiger partial charge in [0.15, 0.2) is 0 Å². The molecule has 0 aliphatic carbocycles. The molecule has 0 bridgehead atoms. The van der Waals surface area contributed by atoms with E-state index in [4.69, 9.17) is 5.11 Å². The molecule has 0 saturated carbocycles. The summed E-state index contributed by atoms with van der Waals surface area (Å²) in [5, 5.41) is 11.7. The summed E-state index contributed by atoms with van der Waals surface area (Å²) in [6.45, 7) is 5.87. The van der Waals surface area contributed by atoms with Gasteiger partial charge in [-0.15, -0.1) is 0 Å². The fourth-order valence-corrected chi connectivity index (χ4v) is 3.12. The van der Waals surface area contributed by atoms with Crippen LogP contribution in [-0.2, 0) is 9.59 Å². The number of carboxylic acids is 1. The van der Waals surface area contributed by atoms with Gasteiger partial charge in [-0.05, 0) is 38.0 Å². The van der Waals surface area contributed by atoms with Crippen LogP contribution in [0.3, 0.4) is 0 Å². The topological polar surface area (TPSA) is 66.4 Å². The third kappa shape index (κ3) is 19.0. The number of unbranched alkanes of at least 4 members (excludes halogenated alkanes) is 11. The van der Waals surface area contributed by atoms with Gasteiger partial charge in [-0.25, -0.2) is 4.79 Å². The molecule has 0 radical (unpaired) electrons. The number of aliphatic carboxylic acids is 1. The zero-order valence-corrected chi connectivity index (χ0v) is 18.0. The first-order chi connectivity index (χ1) is 13.0. The van der Waals surface area contributed by atoms with E-state index in [0.717, 1.165) is 25.7 Å². The van der Waals surface area contributed by atoms with E-state index in [1.165, 1.54) is 57.8 Å². The van der Waals surface area contributed by atoms with Gasteiger partial charge in [0, 0.05) is 6.42 Å². The number of carboxylic acid groups (broad SMARTS) is 1. The van der Waals surface area contributed by atoms with Gasteiger partial charge in [-0.2, -0.15) is 0 Å². The van der Waals surface area contributed by atoms with Crippen molar-refractivity contribution < 1.29 is 14.7 Å². The molecule has 0 fully saturated rings. The van der Waals surface area contributed by atoms with Gasteiger partial charge in [0.1, 0.15) is 6.04 Å². The molecule has 0 heterocycles. The summed E-state index contributed by atoms with van der Waals surface area (Å²) in [4.78, 5) is 22.9. The molecule has 1 atom stereocenters. The minimum atomic E-state index is -0.956. The number of hydrogen-bond donors (Lipinski definition) is 2. The zero-order chi connectivity index (χ0) is 20.3. The van der Waals surface area contributed by atoms with E-state index in [1.54, 1.807) is 13.8 Å². The quantitative estimate of drug-likeness (QED) is 0.177. The summed E-state index contributed by atoms with van der Waals surface area (Å²) < 4.78 is 0. The Morgan fingerprint density at radius 3 is 1.75 bits per heavy atom. The Bertz CT molecular complexity index is 411. The number of allylic oxidation sites excluding steroid dienone is 2. The first-order valence-corrected chi connectivity index (χ1v) is 11.2. The van der Waals surface area contributed by atoms with Gasteiger partial charge >= 0.3 is 35.5 Å². The van der Waals surface area contributed by atoms with E-state index in [1.807, 2.05) is 0 Å². The number of amides is 1. The molecule has 28 heavy (non-hydrogen) atoms. The van der Waals surface area contributed by atoms with Crippen molar-refractivity contribution in [3.63, 3.8) is 0 Å². The van der Waals surface area contributed by atoms with Crippen LogP contribution >= 0.6 is 0 Å². The Morgan fingerprint density at radius 2 is 1.29 bits per heavy atom. The minimum absolute atomic E-state index is 0. The van der Waals surface area contributed by atoms with Gasteiger partial charge in [-0.3, -0.25) is 4.79 Å². The first kappa shape index (κ1) is 29.9. The summed E-state index contributed by atoms with van der Waals surface area (Å²) >= 11 is 0. The van der Waals surface area contributed by atoms with Crippen LogP contribution in [0.15, 0.2) is 12.2 Å². The molecule has 1 amide bonds. The Balaban J connectivity index is 0. The number of nitrogens with one attached hydrogen (secondary N) is 1. The molecule has 5 heteroatoms. The Labute approximate surface area is 195 Å². The predicted molar refractivity (Wildman–Crippen MR) is 121 cm³/mol. The van der Waals surface area contributed by atoms with E-state index in [-0.39, 0.29) is 41.4 Å². The molecule has 0 aromatic heterocycles. The van der Waals surface area contributed by atoms with Crippen molar-refractivity contribution in [3.05, 3.63) is 12.2 Å². The second-order valence-corrected chi connectivity index (χ2v) is 7.96. The number of carbonyl (C=O) groups excluding carboxylic acids is 1. The van der Waals surface area contributed by atoms with Crippen LogP contribution in [0.25, 0.3) is 0 Å². The molecule has 0 aromatic carbocycles. The average molecular weight is 406 g/mol. The molecule has 0 unspecified atom stereocenters. The van der Waals surface area contributed by atoms with Crippen LogP contribution in [0.2, 0.25) is 0 Å².